The van der Waals surface area contributed by atoms with E-state index >= 15 is 0 Å². The summed E-state index contributed by atoms with van der Waals surface area (Å²) in [6, 6.07) is 4.15. The van der Waals surface area contributed by atoms with Crippen molar-refractivity contribution in [1.29, 1.82) is 0 Å². The van der Waals surface area contributed by atoms with Gasteiger partial charge in [0.15, 0.2) is 0 Å². The molecule has 0 unspecified atom stereocenters. The quantitative estimate of drug-likeness (QED) is 0.869. The maximum atomic E-state index is 12.6. The number of amides is 1. The lowest BCUT2D eigenvalue weighted by Gasteiger charge is -2.33. The van der Waals surface area contributed by atoms with Crippen molar-refractivity contribution in [1.82, 2.24) is 24.6 Å². The normalized spacial score (nSPS) is 18.2. The van der Waals surface area contributed by atoms with E-state index in [1.54, 1.807) is 6.20 Å². The molecule has 6 nitrogen and oxygen atoms in total. The summed E-state index contributed by atoms with van der Waals surface area (Å²) in [5, 5.41) is 4.48. The number of piperidine rings is 1. The zero-order chi connectivity index (χ0) is 16.4. The topological polar surface area (TPSA) is 63.9 Å². The predicted octanol–water partition coefficient (Wildman–Crippen LogP) is 2.00. The van der Waals surface area contributed by atoms with E-state index in [-0.39, 0.29) is 11.9 Å². The molecule has 1 fully saturated rings. The number of rotatable bonds is 3. The lowest BCUT2D eigenvalue weighted by molar-refractivity contribution is -0.132. The summed E-state index contributed by atoms with van der Waals surface area (Å²) < 4.78 is 1.97. The first-order chi connectivity index (χ1) is 11.0. The second kappa shape index (κ2) is 6.48. The molecule has 23 heavy (non-hydrogen) atoms. The fourth-order valence-corrected chi connectivity index (χ4v) is 3.15. The first-order valence-electron chi connectivity index (χ1n) is 8.12. The van der Waals surface area contributed by atoms with Crippen molar-refractivity contribution in [3.05, 3.63) is 41.2 Å². The maximum absolute atomic E-state index is 12.6. The molecule has 0 saturated carbocycles. The summed E-state index contributed by atoms with van der Waals surface area (Å²) in [7, 11) is 0. The van der Waals surface area contributed by atoms with E-state index in [1.807, 2.05) is 42.5 Å². The number of aromatic nitrogens is 4. The third-order valence-corrected chi connectivity index (χ3v) is 4.33. The van der Waals surface area contributed by atoms with Crippen LogP contribution in [0.15, 0.2) is 18.3 Å². The number of carbonyl (C=O) groups excluding carboxylic acids is 1. The second-order valence-corrected chi connectivity index (χ2v) is 6.27. The zero-order valence-electron chi connectivity index (χ0n) is 14.0. The first-order valence-corrected chi connectivity index (χ1v) is 8.12. The van der Waals surface area contributed by atoms with Gasteiger partial charge in [0.2, 0.25) is 5.91 Å². The van der Waals surface area contributed by atoms with Gasteiger partial charge >= 0.3 is 0 Å². The Morgan fingerprint density at radius 1 is 1.30 bits per heavy atom. The van der Waals surface area contributed by atoms with Gasteiger partial charge in [0.05, 0.1) is 12.5 Å². The summed E-state index contributed by atoms with van der Waals surface area (Å²) in [6.07, 6.45) is 4.25. The summed E-state index contributed by atoms with van der Waals surface area (Å²) in [5.74, 6) is 1.87. The van der Waals surface area contributed by atoms with Crippen molar-refractivity contribution in [2.24, 2.45) is 0 Å². The average molecular weight is 313 g/mol. The summed E-state index contributed by atoms with van der Waals surface area (Å²) in [5.41, 5.74) is 1.94. The Morgan fingerprint density at radius 2 is 2.13 bits per heavy atom. The highest BCUT2D eigenvalue weighted by atomic mass is 16.2. The molecular formula is C17H23N5O. The van der Waals surface area contributed by atoms with Crippen molar-refractivity contribution in [2.45, 2.75) is 46.1 Å². The molecule has 0 bridgehead atoms. The highest BCUT2D eigenvalue weighted by molar-refractivity contribution is 5.78. The standard InChI is InChI=1S/C17H23N5O/c1-12-6-7-15(10-18-12)9-17(23)21-8-4-5-16(11-21)22-14(3)19-13(2)20-22/h6-7,10,16H,4-5,8-9,11H2,1-3H3/t16-/m0/s1. The first kappa shape index (κ1) is 15.6. The monoisotopic (exact) mass is 313 g/mol. The Labute approximate surface area is 136 Å². The van der Waals surface area contributed by atoms with Gasteiger partial charge in [-0.05, 0) is 45.2 Å². The Bertz CT molecular complexity index is 692. The Kier molecular flexibility index (Phi) is 4.41. The average Bonchev–Trinajstić information content (AvgIpc) is 2.88. The molecule has 0 N–H and O–H groups in total. The number of nitrogens with zero attached hydrogens (tertiary/aromatic N) is 5. The number of hydrogen-bond donors (Lipinski definition) is 0. The van der Waals surface area contributed by atoms with Crippen molar-refractivity contribution in [3.63, 3.8) is 0 Å². The fourth-order valence-electron chi connectivity index (χ4n) is 3.15. The van der Waals surface area contributed by atoms with Gasteiger partial charge in [-0.15, -0.1) is 0 Å². The molecular weight excluding hydrogens is 290 g/mol. The van der Waals surface area contributed by atoms with E-state index in [4.69, 9.17) is 0 Å². The molecule has 1 aliphatic rings. The number of hydrogen-bond acceptors (Lipinski definition) is 4. The van der Waals surface area contributed by atoms with Gasteiger partial charge in [-0.25, -0.2) is 9.67 Å². The third kappa shape index (κ3) is 3.57. The summed E-state index contributed by atoms with van der Waals surface area (Å²) >= 11 is 0. The van der Waals surface area contributed by atoms with Crippen LogP contribution in [0.4, 0.5) is 0 Å². The van der Waals surface area contributed by atoms with E-state index in [9.17, 15) is 4.79 Å². The van der Waals surface area contributed by atoms with Crippen LogP contribution in [0, 0.1) is 20.8 Å². The fraction of sp³-hybridized carbons (Fsp3) is 0.529. The van der Waals surface area contributed by atoms with Crippen LogP contribution in [0.2, 0.25) is 0 Å². The number of likely N-dealkylation sites (tertiary alicyclic amines) is 1. The molecule has 0 spiro atoms. The SMILES string of the molecule is Cc1ccc(CC(=O)N2CCC[C@H](n3nc(C)nc3C)C2)cn1. The molecule has 1 saturated heterocycles. The van der Waals surface area contributed by atoms with Crippen LogP contribution in [-0.4, -0.2) is 43.6 Å². The molecule has 0 aromatic carbocycles. The smallest absolute Gasteiger partial charge is 0.227 e. The predicted molar refractivity (Wildman–Crippen MR) is 87.0 cm³/mol. The van der Waals surface area contributed by atoms with Crippen LogP contribution in [0.3, 0.4) is 0 Å². The molecule has 6 heteroatoms. The molecule has 3 heterocycles. The van der Waals surface area contributed by atoms with E-state index < -0.39 is 0 Å². The maximum Gasteiger partial charge on any atom is 0.227 e. The lowest BCUT2D eigenvalue weighted by atomic mass is 10.0. The van der Waals surface area contributed by atoms with Gasteiger partial charge in [0, 0.05) is 25.0 Å². The van der Waals surface area contributed by atoms with Crippen LogP contribution in [0.25, 0.3) is 0 Å². The van der Waals surface area contributed by atoms with E-state index in [0.29, 0.717) is 13.0 Å². The van der Waals surface area contributed by atoms with Crippen LogP contribution in [-0.2, 0) is 11.2 Å². The largest absolute Gasteiger partial charge is 0.340 e. The van der Waals surface area contributed by atoms with Gasteiger partial charge in [0.25, 0.3) is 0 Å². The van der Waals surface area contributed by atoms with Gasteiger partial charge in [-0.1, -0.05) is 6.07 Å². The zero-order valence-corrected chi connectivity index (χ0v) is 14.0. The van der Waals surface area contributed by atoms with E-state index in [0.717, 1.165) is 42.3 Å². The van der Waals surface area contributed by atoms with Crippen molar-refractivity contribution < 1.29 is 4.79 Å². The van der Waals surface area contributed by atoms with Crippen LogP contribution in [0.1, 0.15) is 41.8 Å². The van der Waals surface area contributed by atoms with Gasteiger partial charge in [-0.2, -0.15) is 5.10 Å². The minimum Gasteiger partial charge on any atom is -0.340 e. The molecule has 1 atom stereocenters. The summed E-state index contributed by atoms with van der Waals surface area (Å²) in [4.78, 5) is 23.2. The third-order valence-electron chi connectivity index (χ3n) is 4.33. The van der Waals surface area contributed by atoms with Crippen LogP contribution in [0.5, 0.6) is 0 Å². The Balaban J connectivity index is 1.67. The Hall–Kier alpha value is -2.24. The van der Waals surface area contributed by atoms with Crippen LogP contribution >= 0.6 is 0 Å². The summed E-state index contributed by atoms with van der Waals surface area (Å²) in [6.45, 7) is 7.35. The van der Waals surface area contributed by atoms with Gasteiger partial charge in [-0.3, -0.25) is 9.78 Å². The highest BCUT2D eigenvalue weighted by Gasteiger charge is 2.26. The highest BCUT2D eigenvalue weighted by Crippen LogP contribution is 2.22. The molecule has 122 valence electrons. The number of aryl methyl sites for hydroxylation is 3. The van der Waals surface area contributed by atoms with Crippen LogP contribution < -0.4 is 0 Å². The molecule has 1 amide bonds. The molecule has 0 radical (unpaired) electrons. The van der Waals surface area contributed by atoms with Gasteiger partial charge < -0.3 is 4.90 Å². The molecule has 2 aromatic rings. The molecule has 1 aliphatic heterocycles. The molecule has 0 aliphatic carbocycles. The van der Waals surface area contributed by atoms with E-state index in [1.165, 1.54) is 0 Å². The number of carbonyl (C=O) groups is 1. The van der Waals surface area contributed by atoms with Gasteiger partial charge in [0.1, 0.15) is 11.6 Å². The second-order valence-electron chi connectivity index (χ2n) is 6.27. The minimum absolute atomic E-state index is 0.162. The van der Waals surface area contributed by atoms with Crippen molar-refractivity contribution in [3.8, 4) is 0 Å². The van der Waals surface area contributed by atoms with E-state index in [2.05, 4.69) is 15.1 Å². The lowest BCUT2D eigenvalue weighted by Crippen LogP contribution is -2.41. The van der Waals surface area contributed by atoms with Crippen molar-refractivity contribution >= 4 is 5.91 Å². The number of pyridine rings is 1. The molecule has 2 aromatic heterocycles. The van der Waals surface area contributed by atoms with Crippen molar-refractivity contribution in [2.75, 3.05) is 13.1 Å². The Morgan fingerprint density at radius 3 is 2.78 bits per heavy atom. The molecule has 3 rings (SSSR count). The minimum atomic E-state index is 0.162.